The first-order valence-corrected chi connectivity index (χ1v) is 6.50. The van der Waals surface area contributed by atoms with Crippen LogP contribution in [0.3, 0.4) is 0 Å². The second kappa shape index (κ2) is 5.67. The molecule has 0 spiro atoms. The number of hydrogen-bond acceptors (Lipinski definition) is 4. The van der Waals surface area contributed by atoms with E-state index in [2.05, 4.69) is 9.97 Å². The van der Waals surface area contributed by atoms with Crippen LogP contribution in [0.25, 0.3) is 10.9 Å². The van der Waals surface area contributed by atoms with Crippen LogP contribution in [-0.2, 0) is 0 Å². The highest BCUT2D eigenvalue weighted by atomic mass is 16.5. The van der Waals surface area contributed by atoms with Crippen molar-refractivity contribution in [2.45, 2.75) is 6.10 Å². The predicted octanol–water partition coefficient (Wildman–Crippen LogP) is 2.71. The second-order valence-corrected chi connectivity index (χ2v) is 4.43. The van der Waals surface area contributed by atoms with Gasteiger partial charge in [0.2, 0.25) is 0 Å². The fourth-order valence-corrected chi connectivity index (χ4v) is 2.12. The third-order valence-corrected chi connectivity index (χ3v) is 3.10. The first-order valence-electron chi connectivity index (χ1n) is 6.50. The molecule has 0 fully saturated rings. The van der Waals surface area contributed by atoms with Gasteiger partial charge in [-0.3, -0.25) is 9.97 Å². The lowest BCUT2D eigenvalue weighted by atomic mass is 10.2. The van der Waals surface area contributed by atoms with E-state index in [1.807, 2.05) is 48.5 Å². The Bertz CT molecular complexity index is 695. The van der Waals surface area contributed by atoms with Gasteiger partial charge >= 0.3 is 0 Å². The van der Waals surface area contributed by atoms with Crippen LogP contribution in [0.15, 0.2) is 60.9 Å². The monoisotopic (exact) mass is 265 g/mol. The van der Waals surface area contributed by atoms with Gasteiger partial charge in [0.15, 0.2) is 6.10 Å². The summed E-state index contributed by atoms with van der Waals surface area (Å²) >= 11 is 0. The zero-order valence-corrected chi connectivity index (χ0v) is 10.9. The van der Waals surface area contributed by atoms with Crippen LogP contribution < -0.4 is 10.5 Å². The Morgan fingerprint density at radius 2 is 1.80 bits per heavy atom. The lowest BCUT2D eigenvalue weighted by molar-refractivity contribution is 0.212. The van der Waals surface area contributed by atoms with Gasteiger partial charge in [-0.05, 0) is 24.3 Å². The summed E-state index contributed by atoms with van der Waals surface area (Å²) in [6.45, 7) is 0.361. The van der Waals surface area contributed by atoms with E-state index in [0.29, 0.717) is 6.54 Å². The lowest BCUT2D eigenvalue weighted by Gasteiger charge is -2.17. The zero-order chi connectivity index (χ0) is 13.8. The van der Waals surface area contributed by atoms with Crippen molar-refractivity contribution in [2.75, 3.05) is 6.54 Å². The number of benzene rings is 1. The predicted molar refractivity (Wildman–Crippen MR) is 78.4 cm³/mol. The van der Waals surface area contributed by atoms with E-state index in [4.69, 9.17) is 10.5 Å². The summed E-state index contributed by atoms with van der Waals surface area (Å²) in [6.07, 6.45) is 3.22. The van der Waals surface area contributed by atoms with Crippen LogP contribution in [0.5, 0.6) is 5.75 Å². The van der Waals surface area contributed by atoms with Crippen LogP contribution in [0.2, 0.25) is 0 Å². The fraction of sp³-hybridized carbons (Fsp3) is 0.125. The highest BCUT2D eigenvalue weighted by Gasteiger charge is 2.14. The SMILES string of the molecule is NCC(Oc1cccc2cccnc12)c1ccccn1. The summed E-state index contributed by atoms with van der Waals surface area (Å²) in [7, 11) is 0. The number of pyridine rings is 2. The third kappa shape index (κ3) is 2.46. The number of aromatic nitrogens is 2. The molecule has 1 atom stereocenters. The third-order valence-electron chi connectivity index (χ3n) is 3.10. The van der Waals surface area contributed by atoms with Gasteiger partial charge in [-0.25, -0.2) is 0 Å². The molecule has 3 aromatic rings. The van der Waals surface area contributed by atoms with E-state index < -0.39 is 0 Å². The van der Waals surface area contributed by atoms with Crippen molar-refractivity contribution in [3.8, 4) is 5.75 Å². The summed E-state index contributed by atoms with van der Waals surface area (Å²) in [6, 6.07) is 15.5. The molecular formula is C16H15N3O. The lowest BCUT2D eigenvalue weighted by Crippen LogP contribution is -2.19. The molecule has 3 rings (SSSR count). The molecule has 0 bridgehead atoms. The molecule has 2 heterocycles. The average molecular weight is 265 g/mol. The molecule has 1 aromatic carbocycles. The maximum Gasteiger partial charge on any atom is 0.153 e. The Kier molecular flexibility index (Phi) is 3.56. The summed E-state index contributed by atoms with van der Waals surface area (Å²) < 4.78 is 6.01. The standard InChI is InChI=1S/C16H15N3O/c17-11-15(13-7-1-2-9-18-13)20-14-8-3-5-12-6-4-10-19-16(12)14/h1-10,15H,11,17H2. The van der Waals surface area contributed by atoms with Gasteiger partial charge in [-0.1, -0.05) is 24.3 Å². The summed E-state index contributed by atoms with van der Waals surface area (Å²) in [5.41, 5.74) is 7.47. The number of ether oxygens (including phenoxy) is 1. The molecule has 4 nitrogen and oxygen atoms in total. The normalized spacial score (nSPS) is 12.2. The molecule has 0 saturated heterocycles. The van der Waals surface area contributed by atoms with Crippen LogP contribution in [0.1, 0.15) is 11.8 Å². The van der Waals surface area contributed by atoms with Gasteiger partial charge in [0.05, 0.1) is 5.69 Å². The number of nitrogens with zero attached hydrogens (tertiary/aromatic N) is 2. The molecular weight excluding hydrogens is 250 g/mol. The molecule has 0 aliphatic rings. The Hall–Kier alpha value is -2.46. The minimum absolute atomic E-state index is 0.274. The van der Waals surface area contributed by atoms with Crippen molar-refractivity contribution in [3.05, 3.63) is 66.6 Å². The van der Waals surface area contributed by atoms with Gasteiger partial charge in [-0.2, -0.15) is 0 Å². The Morgan fingerprint density at radius 1 is 0.950 bits per heavy atom. The molecule has 2 N–H and O–H groups in total. The van der Waals surface area contributed by atoms with Crippen LogP contribution in [0.4, 0.5) is 0 Å². The molecule has 0 aliphatic heterocycles. The van der Waals surface area contributed by atoms with Crippen LogP contribution in [-0.4, -0.2) is 16.5 Å². The molecule has 100 valence electrons. The van der Waals surface area contributed by atoms with E-state index in [-0.39, 0.29) is 6.10 Å². The quantitative estimate of drug-likeness (QED) is 0.788. The topological polar surface area (TPSA) is 61.0 Å². The number of para-hydroxylation sites is 1. The fourth-order valence-electron chi connectivity index (χ4n) is 2.12. The molecule has 2 aromatic heterocycles. The number of nitrogens with two attached hydrogens (primary N) is 1. The van der Waals surface area contributed by atoms with Gasteiger partial charge in [0, 0.05) is 24.3 Å². The number of rotatable bonds is 4. The molecule has 0 saturated carbocycles. The molecule has 0 amide bonds. The summed E-state index contributed by atoms with van der Waals surface area (Å²) in [5, 5.41) is 1.04. The van der Waals surface area contributed by atoms with Gasteiger partial charge in [0.25, 0.3) is 0 Å². The van der Waals surface area contributed by atoms with Crippen molar-refractivity contribution in [1.29, 1.82) is 0 Å². The maximum absolute atomic E-state index is 6.01. The Morgan fingerprint density at radius 3 is 2.60 bits per heavy atom. The van der Waals surface area contributed by atoms with E-state index in [1.165, 1.54) is 0 Å². The zero-order valence-electron chi connectivity index (χ0n) is 10.9. The molecule has 0 aliphatic carbocycles. The average Bonchev–Trinajstić information content (AvgIpc) is 2.53. The van der Waals surface area contributed by atoms with Gasteiger partial charge < -0.3 is 10.5 Å². The van der Waals surface area contributed by atoms with Gasteiger partial charge in [-0.15, -0.1) is 0 Å². The summed E-state index contributed by atoms with van der Waals surface area (Å²) in [4.78, 5) is 8.68. The first kappa shape index (κ1) is 12.6. The van der Waals surface area contributed by atoms with Crippen molar-refractivity contribution in [3.63, 3.8) is 0 Å². The summed E-state index contributed by atoms with van der Waals surface area (Å²) in [5.74, 6) is 0.726. The van der Waals surface area contributed by atoms with Gasteiger partial charge in [0.1, 0.15) is 11.3 Å². The largest absolute Gasteiger partial charge is 0.480 e. The molecule has 20 heavy (non-hydrogen) atoms. The maximum atomic E-state index is 6.01. The van der Waals surface area contributed by atoms with E-state index >= 15 is 0 Å². The minimum Gasteiger partial charge on any atom is -0.480 e. The van der Waals surface area contributed by atoms with Crippen molar-refractivity contribution in [1.82, 2.24) is 9.97 Å². The van der Waals surface area contributed by atoms with Crippen molar-refractivity contribution < 1.29 is 4.74 Å². The highest BCUT2D eigenvalue weighted by Crippen LogP contribution is 2.27. The molecule has 4 heteroatoms. The Labute approximate surface area is 117 Å². The molecule has 0 radical (unpaired) electrons. The van der Waals surface area contributed by atoms with E-state index in [0.717, 1.165) is 22.3 Å². The second-order valence-electron chi connectivity index (χ2n) is 4.43. The van der Waals surface area contributed by atoms with Crippen LogP contribution in [0, 0.1) is 0 Å². The smallest absolute Gasteiger partial charge is 0.153 e. The van der Waals surface area contributed by atoms with E-state index in [1.54, 1.807) is 12.4 Å². The van der Waals surface area contributed by atoms with Crippen molar-refractivity contribution in [2.24, 2.45) is 5.73 Å². The molecule has 1 unspecified atom stereocenters. The van der Waals surface area contributed by atoms with Crippen LogP contribution >= 0.6 is 0 Å². The first-order chi connectivity index (χ1) is 9.88. The number of fused-ring (bicyclic) bond motifs is 1. The van der Waals surface area contributed by atoms with Crippen molar-refractivity contribution >= 4 is 10.9 Å². The minimum atomic E-state index is -0.274. The van der Waals surface area contributed by atoms with E-state index in [9.17, 15) is 0 Å². The Balaban J connectivity index is 1.96. The highest BCUT2D eigenvalue weighted by molar-refractivity contribution is 5.84. The number of hydrogen-bond donors (Lipinski definition) is 1.